The van der Waals surface area contributed by atoms with Crippen LogP contribution in [0.25, 0.3) is 0 Å². The lowest BCUT2D eigenvalue weighted by atomic mass is 10.0. The first-order chi connectivity index (χ1) is 17.4. The summed E-state index contributed by atoms with van der Waals surface area (Å²) in [5, 5.41) is 2.70. The number of amides is 3. The fourth-order valence-electron chi connectivity index (χ4n) is 4.11. The van der Waals surface area contributed by atoms with Crippen LogP contribution in [0.5, 0.6) is 11.5 Å². The lowest BCUT2D eigenvalue weighted by Gasteiger charge is -2.26. The summed E-state index contributed by atoms with van der Waals surface area (Å²) in [7, 11) is 4.04. The van der Waals surface area contributed by atoms with Gasteiger partial charge in [0.1, 0.15) is 6.04 Å². The summed E-state index contributed by atoms with van der Waals surface area (Å²) in [6.07, 6.45) is 0.0684. The number of hydrogen-bond donors (Lipinski definition) is 1. The maximum absolute atomic E-state index is 13.7. The van der Waals surface area contributed by atoms with Crippen molar-refractivity contribution < 1.29 is 33.4 Å². The fourth-order valence-corrected chi connectivity index (χ4v) is 4.11. The van der Waals surface area contributed by atoms with Gasteiger partial charge < -0.3 is 19.5 Å². The summed E-state index contributed by atoms with van der Waals surface area (Å²) in [6.45, 7) is 0. The van der Waals surface area contributed by atoms with Crippen LogP contribution in [0.4, 0.5) is 5.69 Å². The molecule has 0 spiro atoms. The lowest BCUT2D eigenvalue weighted by molar-refractivity contribution is -0.119. The molecule has 9 heteroatoms. The van der Waals surface area contributed by atoms with E-state index in [9.17, 15) is 19.2 Å². The topological polar surface area (TPSA) is 111 Å². The molecule has 1 N–H and O–H groups in total. The Hall–Kier alpha value is -4.66. The number of hydrogen-bond acceptors (Lipinski definition) is 7. The Kier molecular flexibility index (Phi) is 7.00. The number of carbonyl (C=O) groups excluding carboxylic acids is 4. The molecule has 0 radical (unpaired) electrons. The number of anilines is 1. The quantitative estimate of drug-likeness (QED) is 0.382. The molecule has 1 heterocycles. The Labute approximate surface area is 207 Å². The number of rotatable bonds is 8. The Bertz CT molecular complexity index is 1300. The molecule has 3 amide bonds. The van der Waals surface area contributed by atoms with Gasteiger partial charge in [0.2, 0.25) is 5.91 Å². The van der Waals surface area contributed by atoms with Crippen LogP contribution in [0.2, 0.25) is 0 Å². The van der Waals surface area contributed by atoms with E-state index < -0.39 is 29.7 Å². The third-order valence-electron chi connectivity index (χ3n) is 5.90. The average molecular weight is 488 g/mol. The second-order valence-electron chi connectivity index (χ2n) is 7.97. The zero-order valence-electron chi connectivity index (χ0n) is 19.9. The smallest absolute Gasteiger partial charge is 0.340 e. The highest BCUT2D eigenvalue weighted by molar-refractivity contribution is 6.23. The van der Waals surface area contributed by atoms with Gasteiger partial charge in [0.25, 0.3) is 11.8 Å². The first-order valence-electron chi connectivity index (χ1n) is 11.1. The van der Waals surface area contributed by atoms with Gasteiger partial charge in [0, 0.05) is 18.6 Å². The molecular formula is C27H24N2O7. The SMILES string of the molecule is COC(=O)c1cc(OC)c(OC)cc1NC(=O)[C@H](Cc1ccccc1)N1C(=O)c2ccccc2C1=O. The number of esters is 1. The highest BCUT2D eigenvalue weighted by Crippen LogP contribution is 2.34. The Morgan fingerprint density at radius 3 is 1.94 bits per heavy atom. The van der Waals surface area contributed by atoms with Gasteiger partial charge in [-0.3, -0.25) is 19.3 Å². The lowest BCUT2D eigenvalue weighted by Crippen LogP contribution is -2.48. The van der Waals surface area contributed by atoms with E-state index in [4.69, 9.17) is 14.2 Å². The second-order valence-corrected chi connectivity index (χ2v) is 7.97. The van der Waals surface area contributed by atoms with Crippen LogP contribution in [0.1, 0.15) is 36.6 Å². The number of fused-ring (bicyclic) bond motifs is 1. The van der Waals surface area contributed by atoms with Crippen LogP contribution in [0, 0.1) is 0 Å². The predicted octanol–water partition coefficient (Wildman–Crippen LogP) is 3.34. The van der Waals surface area contributed by atoms with E-state index in [0.717, 1.165) is 10.5 Å². The summed E-state index contributed by atoms with van der Waals surface area (Å²) in [5.74, 6) is -1.98. The molecule has 4 rings (SSSR count). The van der Waals surface area contributed by atoms with Crippen molar-refractivity contribution in [2.75, 3.05) is 26.6 Å². The largest absolute Gasteiger partial charge is 0.493 e. The molecule has 0 aromatic heterocycles. The molecule has 184 valence electrons. The average Bonchev–Trinajstić information content (AvgIpc) is 3.16. The fraction of sp³-hybridized carbons (Fsp3) is 0.185. The summed E-state index contributed by atoms with van der Waals surface area (Å²) in [6, 6.07) is 17.1. The second kappa shape index (κ2) is 10.3. The van der Waals surface area contributed by atoms with Crippen LogP contribution < -0.4 is 14.8 Å². The molecule has 9 nitrogen and oxygen atoms in total. The van der Waals surface area contributed by atoms with E-state index >= 15 is 0 Å². The van der Waals surface area contributed by atoms with Gasteiger partial charge in [-0.15, -0.1) is 0 Å². The van der Waals surface area contributed by atoms with Gasteiger partial charge in [-0.2, -0.15) is 0 Å². The van der Waals surface area contributed by atoms with Crippen molar-refractivity contribution in [3.05, 3.63) is 89.0 Å². The van der Waals surface area contributed by atoms with Gasteiger partial charge in [0.05, 0.1) is 43.7 Å². The molecule has 0 saturated carbocycles. The Morgan fingerprint density at radius 2 is 1.39 bits per heavy atom. The first-order valence-corrected chi connectivity index (χ1v) is 11.1. The number of nitrogens with zero attached hydrogens (tertiary/aromatic N) is 1. The number of nitrogens with one attached hydrogen (secondary N) is 1. The molecule has 0 fully saturated rings. The predicted molar refractivity (Wildman–Crippen MR) is 130 cm³/mol. The molecule has 1 aliphatic rings. The van der Waals surface area contributed by atoms with Crippen molar-refractivity contribution in [3.63, 3.8) is 0 Å². The van der Waals surface area contributed by atoms with Crippen LogP contribution in [0.15, 0.2) is 66.7 Å². The molecule has 0 aliphatic carbocycles. The maximum Gasteiger partial charge on any atom is 0.340 e. The molecular weight excluding hydrogens is 464 g/mol. The van der Waals surface area contributed by atoms with Crippen molar-refractivity contribution in [3.8, 4) is 11.5 Å². The van der Waals surface area contributed by atoms with Crippen LogP contribution in [0.3, 0.4) is 0 Å². The third-order valence-corrected chi connectivity index (χ3v) is 5.90. The molecule has 3 aromatic rings. The summed E-state index contributed by atoms with van der Waals surface area (Å²) in [4.78, 5) is 53.5. The van der Waals surface area contributed by atoms with Gasteiger partial charge in [0.15, 0.2) is 11.5 Å². The van der Waals surface area contributed by atoms with E-state index in [1.54, 1.807) is 48.5 Å². The van der Waals surface area contributed by atoms with Crippen molar-refractivity contribution in [1.29, 1.82) is 0 Å². The Morgan fingerprint density at radius 1 is 0.833 bits per heavy atom. The number of imide groups is 1. The molecule has 36 heavy (non-hydrogen) atoms. The van der Waals surface area contributed by atoms with Gasteiger partial charge >= 0.3 is 5.97 Å². The first kappa shape index (κ1) is 24.5. The van der Waals surface area contributed by atoms with E-state index in [-0.39, 0.29) is 40.3 Å². The molecule has 1 aliphatic heterocycles. The Balaban J connectivity index is 1.75. The summed E-state index contributed by atoms with van der Waals surface area (Å²) < 4.78 is 15.4. The zero-order chi connectivity index (χ0) is 25.8. The monoisotopic (exact) mass is 488 g/mol. The summed E-state index contributed by atoms with van der Waals surface area (Å²) in [5.41, 5.74) is 1.31. The normalized spacial score (nSPS) is 13.1. The molecule has 0 unspecified atom stereocenters. The number of methoxy groups -OCH3 is 3. The van der Waals surface area contributed by atoms with E-state index in [1.165, 1.54) is 33.5 Å². The maximum atomic E-state index is 13.7. The molecule has 0 saturated heterocycles. The number of carbonyl (C=O) groups is 4. The van der Waals surface area contributed by atoms with Crippen molar-refractivity contribution in [2.45, 2.75) is 12.5 Å². The van der Waals surface area contributed by atoms with Gasteiger partial charge in [-0.1, -0.05) is 42.5 Å². The van der Waals surface area contributed by atoms with E-state index in [0.29, 0.717) is 0 Å². The molecule has 0 bridgehead atoms. The minimum atomic E-state index is -1.20. The van der Waals surface area contributed by atoms with Crippen LogP contribution >= 0.6 is 0 Å². The third kappa shape index (κ3) is 4.50. The van der Waals surface area contributed by atoms with Crippen LogP contribution in [-0.4, -0.2) is 56.0 Å². The minimum Gasteiger partial charge on any atom is -0.493 e. The van der Waals surface area contributed by atoms with Gasteiger partial charge in [-0.05, 0) is 17.7 Å². The minimum absolute atomic E-state index is 0.0179. The molecule has 1 atom stereocenters. The number of ether oxygens (including phenoxy) is 3. The van der Waals surface area contributed by atoms with E-state index in [2.05, 4.69) is 5.32 Å². The highest BCUT2D eigenvalue weighted by Gasteiger charge is 2.43. The van der Waals surface area contributed by atoms with E-state index in [1.807, 2.05) is 6.07 Å². The highest BCUT2D eigenvalue weighted by atomic mass is 16.5. The molecule has 3 aromatic carbocycles. The zero-order valence-corrected chi connectivity index (χ0v) is 19.9. The number of benzene rings is 3. The van der Waals surface area contributed by atoms with Crippen molar-refractivity contribution in [1.82, 2.24) is 4.90 Å². The summed E-state index contributed by atoms with van der Waals surface area (Å²) >= 11 is 0. The standard InChI is InChI=1S/C27H24N2O7/c1-34-22-14-19(27(33)36-3)20(15-23(22)35-2)28-24(30)21(13-16-9-5-4-6-10-16)29-25(31)17-11-7-8-12-18(17)26(29)32/h4-12,14-15,21H,13H2,1-3H3,(H,28,30)/t21-/m0/s1. The van der Waals surface area contributed by atoms with Crippen molar-refractivity contribution in [2.24, 2.45) is 0 Å². The van der Waals surface area contributed by atoms with Gasteiger partial charge in [-0.25, -0.2) is 4.79 Å². The van der Waals surface area contributed by atoms with Crippen LogP contribution in [-0.2, 0) is 16.0 Å². The van der Waals surface area contributed by atoms with Crippen molar-refractivity contribution >= 4 is 29.4 Å².